The third-order valence-electron chi connectivity index (χ3n) is 4.36. The van der Waals surface area contributed by atoms with Gasteiger partial charge < -0.3 is 15.3 Å². The minimum Gasteiger partial charge on any atom is -0.480 e. The Morgan fingerprint density at radius 2 is 1.95 bits per heavy atom. The Hall–Kier alpha value is -1.30. The lowest BCUT2D eigenvalue weighted by molar-refractivity contribution is -0.139. The second-order valence-corrected chi connectivity index (χ2v) is 5.73. The van der Waals surface area contributed by atoms with Gasteiger partial charge in [-0.15, -0.1) is 0 Å². The number of urea groups is 1. The monoisotopic (exact) mass is 283 g/mol. The van der Waals surface area contributed by atoms with Crippen LogP contribution in [0.1, 0.15) is 39.0 Å². The Labute approximate surface area is 120 Å². The van der Waals surface area contributed by atoms with E-state index in [0.717, 1.165) is 32.6 Å². The summed E-state index contributed by atoms with van der Waals surface area (Å²) in [6.45, 7) is 5.48. The van der Waals surface area contributed by atoms with Crippen LogP contribution in [-0.4, -0.2) is 65.2 Å². The number of amides is 2. The predicted molar refractivity (Wildman–Crippen MR) is 75.6 cm³/mol. The Morgan fingerprint density at radius 3 is 2.55 bits per heavy atom. The number of carbonyl (C=O) groups is 2. The SMILES string of the molecule is CC[C@H](NC(=O)N1CCC(N2CCCCC2)C1)C(=O)O. The molecular weight excluding hydrogens is 258 g/mol. The molecule has 2 fully saturated rings. The maximum absolute atomic E-state index is 12.1. The summed E-state index contributed by atoms with van der Waals surface area (Å²) in [7, 11) is 0. The minimum absolute atomic E-state index is 0.237. The number of aliphatic carboxylic acids is 1. The van der Waals surface area contributed by atoms with Crippen molar-refractivity contribution in [3.05, 3.63) is 0 Å². The van der Waals surface area contributed by atoms with E-state index in [1.54, 1.807) is 11.8 Å². The van der Waals surface area contributed by atoms with E-state index in [1.165, 1.54) is 19.3 Å². The molecule has 0 spiro atoms. The van der Waals surface area contributed by atoms with Crippen molar-refractivity contribution in [1.29, 1.82) is 0 Å². The lowest BCUT2D eigenvalue weighted by Gasteiger charge is -2.32. The number of carboxylic acid groups (broad SMARTS) is 1. The Morgan fingerprint density at radius 1 is 1.25 bits per heavy atom. The normalized spacial score (nSPS) is 25.4. The van der Waals surface area contributed by atoms with Crippen LogP contribution in [0.25, 0.3) is 0 Å². The maximum atomic E-state index is 12.1. The molecule has 2 amide bonds. The summed E-state index contributed by atoms with van der Waals surface area (Å²) in [5.74, 6) is -0.965. The van der Waals surface area contributed by atoms with Crippen LogP contribution in [0.2, 0.25) is 0 Å². The molecule has 114 valence electrons. The van der Waals surface area contributed by atoms with E-state index in [2.05, 4.69) is 10.2 Å². The first kappa shape index (κ1) is 15.1. The fraction of sp³-hybridized carbons (Fsp3) is 0.857. The van der Waals surface area contributed by atoms with Gasteiger partial charge in [-0.2, -0.15) is 0 Å². The molecule has 2 aliphatic rings. The molecule has 2 aliphatic heterocycles. The molecule has 6 heteroatoms. The van der Waals surface area contributed by atoms with Crippen LogP contribution in [0.4, 0.5) is 4.79 Å². The van der Waals surface area contributed by atoms with E-state index in [-0.39, 0.29) is 6.03 Å². The van der Waals surface area contributed by atoms with Crippen LogP contribution in [0.3, 0.4) is 0 Å². The van der Waals surface area contributed by atoms with E-state index >= 15 is 0 Å². The van der Waals surface area contributed by atoms with Crippen LogP contribution in [0.15, 0.2) is 0 Å². The van der Waals surface area contributed by atoms with Gasteiger partial charge >= 0.3 is 12.0 Å². The Bertz CT molecular complexity index is 356. The van der Waals surface area contributed by atoms with Crippen molar-refractivity contribution in [3.8, 4) is 0 Å². The van der Waals surface area contributed by atoms with Gasteiger partial charge in [0.15, 0.2) is 0 Å². The largest absolute Gasteiger partial charge is 0.480 e. The molecule has 0 aromatic carbocycles. The molecule has 0 bridgehead atoms. The second kappa shape index (κ2) is 6.92. The van der Waals surface area contributed by atoms with Crippen molar-refractivity contribution < 1.29 is 14.7 Å². The Kier molecular flexibility index (Phi) is 5.23. The highest BCUT2D eigenvalue weighted by Gasteiger charge is 2.32. The van der Waals surface area contributed by atoms with E-state index in [1.807, 2.05) is 0 Å². The molecule has 2 saturated heterocycles. The van der Waals surface area contributed by atoms with Crippen molar-refractivity contribution in [3.63, 3.8) is 0 Å². The number of hydrogen-bond acceptors (Lipinski definition) is 3. The average molecular weight is 283 g/mol. The van der Waals surface area contributed by atoms with Crippen molar-refractivity contribution in [1.82, 2.24) is 15.1 Å². The molecule has 6 nitrogen and oxygen atoms in total. The lowest BCUT2D eigenvalue weighted by Crippen LogP contribution is -2.48. The van der Waals surface area contributed by atoms with E-state index in [4.69, 9.17) is 5.11 Å². The number of rotatable bonds is 4. The first-order chi connectivity index (χ1) is 9.61. The summed E-state index contributed by atoms with van der Waals surface area (Å²) in [4.78, 5) is 27.3. The zero-order valence-electron chi connectivity index (χ0n) is 12.2. The fourth-order valence-corrected chi connectivity index (χ4v) is 3.09. The highest BCUT2D eigenvalue weighted by atomic mass is 16.4. The molecule has 0 aromatic rings. The van der Waals surface area contributed by atoms with Crippen molar-refractivity contribution >= 4 is 12.0 Å². The minimum atomic E-state index is -0.965. The quantitative estimate of drug-likeness (QED) is 0.811. The highest BCUT2D eigenvalue weighted by Crippen LogP contribution is 2.20. The van der Waals surface area contributed by atoms with Gasteiger partial charge in [-0.3, -0.25) is 4.90 Å². The molecule has 0 aromatic heterocycles. The first-order valence-electron chi connectivity index (χ1n) is 7.64. The average Bonchev–Trinajstić information content (AvgIpc) is 2.95. The van der Waals surface area contributed by atoms with Crippen molar-refractivity contribution in [2.75, 3.05) is 26.2 Å². The number of hydrogen-bond donors (Lipinski definition) is 2. The lowest BCUT2D eigenvalue weighted by atomic mass is 10.1. The summed E-state index contributed by atoms with van der Waals surface area (Å²) in [6, 6.07) is -0.568. The number of likely N-dealkylation sites (tertiary alicyclic amines) is 2. The molecular formula is C14H25N3O3. The van der Waals surface area contributed by atoms with E-state index in [9.17, 15) is 9.59 Å². The van der Waals surface area contributed by atoms with Crippen LogP contribution in [0.5, 0.6) is 0 Å². The number of piperidine rings is 1. The maximum Gasteiger partial charge on any atom is 0.326 e. The van der Waals surface area contributed by atoms with Crippen LogP contribution in [-0.2, 0) is 4.79 Å². The van der Waals surface area contributed by atoms with E-state index in [0.29, 0.717) is 12.5 Å². The zero-order chi connectivity index (χ0) is 14.5. The topological polar surface area (TPSA) is 72.9 Å². The number of nitrogens with one attached hydrogen (secondary N) is 1. The molecule has 0 aliphatic carbocycles. The number of carbonyl (C=O) groups excluding carboxylic acids is 1. The molecule has 2 rings (SSSR count). The zero-order valence-corrected chi connectivity index (χ0v) is 12.2. The van der Waals surface area contributed by atoms with Crippen LogP contribution >= 0.6 is 0 Å². The van der Waals surface area contributed by atoms with Gasteiger partial charge in [-0.25, -0.2) is 9.59 Å². The van der Waals surface area contributed by atoms with Crippen LogP contribution in [0, 0.1) is 0 Å². The predicted octanol–water partition coefficient (Wildman–Crippen LogP) is 1.12. The van der Waals surface area contributed by atoms with Gasteiger partial charge in [0.05, 0.1) is 0 Å². The summed E-state index contributed by atoms with van der Waals surface area (Å²) >= 11 is 0. The fourth-order valence-electron chi connectivity index (χ4n) is 3.09. The van der Waals surface area contributed by atoms with Gasteiger partial charge in [0.2, 0.25) is 0 Å². The smallest absolute Gasteiger partial charge is 0.326 e. The number of carboxylic acids is 1. The molecule has 2 heterocycles. The third-order valence-corrected chi connectivity index (χ3v) is 4.36. The van der Waals surface area contributed by atoms with Gasteiger partial charge in [-0.1, -0.05) is 13.3 Å². The van der Waals surface area contributed by atoms with Gasteiger partial charge in [-0.05, 0) is 38.8 Å². The molecule has 1 unspecified atom stereocenters. The van der Waals surface area contributed by atoms with Gasteiger partial charge in [0.25, 0.3) is 0 Å². The van der Waals surface area contributed by atoms with Crippen molar-refractivity contribution in [2.45, 2.75) is 51.1 Å². The number of nitrogens with zero attached hydrogens (tertiary/aromatic N) is 2. The molecule has 0 radical (unpaired) electrons. The van der Waals surface area contributed by atoms with Gasteiger partial charge in [0, 0.05) is 19.1 Å². The van der Waals surface area contributed by atoms with E-state index < -0.39 is 12.0 Å². The summed E-state index contributed by atoms with van der Waals surface area (Å²) in [5.41, 5.74) is 0. The summed E-state index contributed by atoms with van der Waals surface area (Å²) in [6.07, 6.45) is 5.21. The molecule has 20 heavy (non-hydrogen) atoms. The molecule has 2 atom stereocenters. The van der Waals surface area contributed by atoms with Crippen molar-refractivity contribution in [2.24, 2.45) is 0 Å². The highest BCUT2D eigenvalue weighted by molar-refractivity contribution is 5.82. The second-order valence-electron chi connectivity index (χ2n) is 5.73. The van der Waals surface area contributed by atoms with Crippen LogP contribution < -0.4 is 5.32 Å². The molecule has 2 N–H and O–H groups in total. The first-order valence-corrected chi connectivity index (χ1v) is 7.64. The standard InChI is InChI=1S/C14H25N3O3/c1-2-12(13(18)19)15-14(20)17-9-6-11(10-17)16-7-4-3-5-8-16/h11-12H,2-10H2,1H3,(H,15,20)(H,18,19)/t11?,12-/m0/s1. The summed E-state index contributed by atoms with van der Waals surface area (Å²) < 4.78 is 0. The molecule has 0 saturated carbocycles. The third kappa shape index (κ3) is 3.62. The van der Waals surface area contributed by atoms with Gasteiger partial charge in [0.1, 0.15) is 6.04 Å². The Balaban J connectivity index is 1.82. The summed E-state index contributed by atoms with van der Waals surface area (Å²) in [5, 5.41) is 11.6.